The van der Waals surface area contributed by atoms with Crippen LogP contribution in [0.25, 0.3) is 5.82 Å². The lowest BCUT2D eigenvalue weighted by atomic mass is 10.2. The highest BCUT2D eigenvalue weighted by Crippen LogP contribution is 2.05. The maximum Gasteiger partial charge on any atom is 0.253 e. The molecule has 104 valence electrons. The second-order valence-electron chi connectivity index (χ2n) is 4.29. The third-order valence-corrected chi connectivity index (χ3v) is 2.85. The van der Waals surface area contributed by atoms with Gasteiger partial charge in [0, 0.05) is 31.3 Å². The van der Waals surface area contributed by atoms with Crippen molar-refractivity contribution in [3.05, 3.63) is 66.4 Å². The van der Waals surface area contributed by atoms with Gasteiger partial charge in [0.2, 0.25) is 0 Å². The molecule has 7 nitrogen and oxygen atoms in total. The first-order valence-electron chi connectivity index (χ1n) is 6.33. The van der Waals surface area contributed by atoms with E-state index in [1.807, 2.05) is 6.07 Å². The van der Waals surface area contributed by atoms with Crippen molar-refractivity contribution in [3.63, 3.8) is 0 Å². The molecule has 0 radical (unpaired) electrons. The van der Waals surface area contributed by atoms with E-state index < -0.39 is 0 Å². The Balaban J connectivity index is 1.65. The Morgan fingerprint density at radius 3 is 2.76 bits per heavy atom. The lowest BCUT2D eigenvalue weighted by Crippen LogP contribution is -2.23. The molecule has 21 heavy (non-hydrogen) atoms. The maximum absolute atomic E-state index is 12.0. The summed E-state index contributed by atoms with van der Waals surface area (Å²) in [6, 6.07) is 7.07. The minimum absolute atomic E-state index is 0.189. The van der Waals surface area contributed by atoms with Gasteiger partial charge in [0.05, 0.1) is 11.8 Å². The highest BCUT2D eigenvalue weighted by molar-refractivity contribution is 5.93. The molecule has 3 aromatic heterocycles. The van der Waals surface area contributed by atoms with Crippen molar-refractivity contribution >= 4 is 5.91 Å². The van der Waals surface area contributed by atoms with Gasteiger partial charge < -0.3 is 5.32 Å². The number of amides is 1. The predicted octanol–water partition coefficient (Wildman–Crippen LogP) is 0.987. The van der Waals surface area contributed by atoms with Crippen molar-refractivity contribution in [2.24, 2.45) is 0 Å². The molecule has 3 heterocycles. The largest absolute Gasteiger partial charge is 0.348 e. The van der Waals surface area contributed by atoms with E-state index in [-0.39, 0.29) is 5.91 Å². The van der Waals surface area contributed by atoms with E-state index in [9.17, 15) is 4.79 Å². The summed E-state index contributed by atoms with van der Waals surface area (Å²) in [7, 11) is 0. The first-order valence-corrected chi connectivity index (χ1v) is 6.33. The summed E-state index contributed by atoms with van der Waals surface area (Å²) in [6.07, 6.45) is 8.18. The number of carbonyl (C=O) groups is 1. The third kappa shape index (κ3) is 3.08. The quantitative estimate of drug-likeness (QED) is 0.770. The van der Waals surface area contributed by atoms with Gasteiger partial charge in [-0.05, 0) is 29.8 Å². The Hall–Kier alpha value is -3.09. The molecular weight excluding hydrogens is 268 g/mol. The Kier molecular flexibility index (Phi) is 3.64. The topological polar surface area (TPSA) is 85.6 Å². The molecule has 0 spiro atoms. The molecule has 1 amide bonds. The lowest BCUT2D eigenvalue weighted by Gasteiger charge is -2.05. The standard InChI is InChI=1S/C14H12N6O/c21-14(16-8-11-4-6-17-18-9-11)12-2-3-13(15-10-12)20-7-1-5-19-20/h1-7,9-10H,8H2,(H,16,21). The number of hydrogen-bond donors (Lipinski definition) is 1. The molecule has 0 bridgehead atoms. The number of carbonyl (C=O) groups excluding carboxylic acids is 1. The molecule has 0 aromatic carbocycles. The van der Waals surface area contributed by atoms with Gasteiger partial charge in [-0.15, -0.1) is 0 Å². The van der Waals surface area contributed by atoms with Crippen LogP contribution < -0.4 is 5.32 Å². The molecule has 3 aromatic rings. The van der Waals surface area contributed by atoms with E-state index in [0.29, 0.717) is 17.9 Å². The predicted molar refractivity (Wildman–Crippen MR) is 74.6 cm³/mol. The third-order valence-electron chi connectivity index (χ3n) is 2.85. The first kappa shape index (κ1) is 12.9. The van der Waals surface area contributed by atoms with Crippen LogP contribution in [0.3, 0.4) is 0 Å². The SMILES string of the molecule is O=C(NCc1ccnnc1)c1ccc(-n2cccn2)nc1. The van der Waals surface area contributed by atoms with Crippen LogP contribution >= 0.6 is 0 Å². The highest BCUT2D eigenvalue weighted by Gasteiger charge is 2.06. The van der Waals surface area contributed by atoms with Gasteiger partial charge in [-0.1, -0.05) is 0 Å². The lowest BCUT2D eigenvalue weighted by molar-refractivity contribution is 0.0950. The average Bonchev–Trinajstić information content (AvgIpc) is 3.08. The van der Waals surface area contributed by atoms with Crippen molar-refractivity contribution in [3.8, 4) is 5.82 Å². The molecule has 1 N–H and O–H groups in total. The van der Waals surface area contributed by atoms with Crippen LogP contribution in [0, 0.1) is 0 Å². The fourth-order valence-corrected chi connectivity index (χ4v) is 1.77. The normalized spacial score (nSPS) is 10.3. The van der Waals surface area contributed by atoms with Crippen LogP contribution in [0.2, 0.25) is 0 Å². The van der Waals surface area contributed by atoms with Crippen LogP contribution in [-0.2, 0) is 6.54 Å². The molecule has 0 aliphatic carbocycles. The number of nitrogens with zero attached hydrogens (tertiary/aromatic N) is 5. The molecule has 7 heteroatoms. The second kappa shape index (κ2) is 5.91. The van der Waals surface area contributed by atoms with Crippen molar-refractivity contribution in [2.75, 3.05) is 0 Å². The van der Waals surface area contributed by atoms with E-state index in [2.05, 4.69) is 25.6 Å². The summed E-state index contributed by atoms with van der Waals surface area (Å²) in [5, 5.41) is 14.3. The molecule has 0 aliphatic rings. The number of rotatable bonds is 4. The van der Waals surface area contributed by atoms with Crippen molar-refractivity contribution in [1.82, 2.24) is 30.3 Å². The number of aromatic nitrogens is 5. The summed E-state index contributed by atoms with van der Waals surface area (Å²) in [6.45, 7) is 0.398. The van der Waals surface area contributed by atoms with Crippen LogP contribution in [0.5, 0.6) is 0 Å². The highest BCUT2D eigenvalue weighted by atomic mass is 16.1. The molecular formula is C14H12N6O. The molecule has 0 fully saturated rings. The van der Waals surface area contributed by atoms with Crippen LogP contribution in [0.4, 0.5) is 0 Å². The fraction of sp³-hybridized carbons (Fsp3) is 0.0714. The summed E-state index contributed by atoms with van der Waals surface area (Å²) in [5.74, 6) is 0.473. The van der Waals surface area contributed by atoms with Crippen molar-refractivity contribution < 1.29 is 4.79 Å². The summed E-state index contributed by atoms with van der Waals surface area (Å²) in [4.78, 5) is 16.2. The molecule has 0 saturated heterocycles. The number of pyridine rings is 1. The van der Waals surface area contributed by atoms with Gasteiger partial charge in [-0.2, -0.15) is 15.3 Å². The van der Waals surface area contributed by atoms with Gasteiger partial charge in [0.25, 0.3) is 5.91 Å². The van der Waals surface area contributed by atoms with Crippen LogP contribution in [0.1, 0.15) is 15.9 Å². The molecule has 0 saturated carbocycles. The van der Waals surface area contributed by atoms with Crippen molar-refractivity contribution in [2.45, 2.75) is 6.54 Å². The Morgan fingerprint density at radius 2 is 2.10 bits per heavy atom. The number of nitrogens with one attached hydrogen (secondary N) is 1. The summed E-state index contributed by atoms with van der Waals surface area (Å²) >= 11 is 0. The molecule has 0 atom stereocenters. The van der Waals surface area contributed by atoms with Gasteiger partial charge in [0.1, 0.15) is 0 Å². The maximum atomic E-state index is 12.0. The van der Waals surface area contributed by atoms with E-state index in [1.165, 1.54) is 6.20 Å². The van der Waals surface area contributed by atoms with Crippen LogP contribution in [-0.4, -0.2) is 30.9 Å². The first-order chi connectivity index (χ1) is 10.3. The van der Waals surface area contributed by atoms with E-state index >= 15 is 0 Å². The van der Waals surface area contributed by atoms with E-state index in [4.69, 9.17) is 0 Å². The van der Waals surface area contributed by atoms with Gasteiger partial charge in [0.15, 0.2) is 5.82 Å². The zero-order valence-corrected chi connectivity index (χ0v) is 11.0. The smallest absolute Gasteiger partial charge is 0.253 e. The van der Waals surface area contributed by atoms with Gasteiger partial charge >= 0.3 is 0 Å². The zero-order valence-electron chi connectivity index (χ0n) is 11.0. The Labute approximate surface area is 120 Å². The monoisotopic (exact) mass is 280 g/mol. The minimum atomic E-state index is -0.189. The van der Waals surface area contributed by atoms with Crippen molar-refractivity contribution in [1.29, 1.82) is 0 Å². The molecule has 3 rings (SSSR count). The Bertz CT molecular complexity index is 709. The van der Waals surface area contributed by atoms with E-state index in [0.717, 1.165) is 5.56 Å². The molecule has 0 unspecified atom stereocenters. The molecule has 0 aliphatic heterocycles. The van der Waals surface area contributed by atoms with Gasteiger partial charge in [-0.25, -0.2) is 9.67 Å². The zero-order chi connectivity index (χ0) is 14.5. The van der Waals surface area contributed by atoms with E-state index in [1.54, 1.807) is 47.7 Å². The average molecular weight is 280 g/mol. The summed E-state index contributed by atoms with van der Waals surface area (Å²) in [5.41, 5.74) is 1.38. The van der Waals surface area contributed by atoms with Gasteiger partial charge in [-0.3, -0.25) is 4.79 Å². The summed E-state index contributed by atoms with van der Waals surface area (Å²) < 4.78 is 1.63. The number of hydrogen-bond acceptors (Lipinski definition) is 5. The fourth-order valence-electron chi connectivity index (χ4n) is 1.77. The minimum Gasteiger partial charge on any atom is -0.348 e. The van der Waals surface area contributed by atoms with Crippen LogP contribution in [0.15, 0.2) is 55.2 Å². The second-order valence-corrected chi connectivity index (χ2v) is 4.29. The Morgan fingerprint density at radius 1 is 1.14 bits per heavy atom.